The normalized spacial score (nSPS) is 15.2. The maximum absolute atomic E-state index is 13.8. The van der Waals surface area contributed by atoms with E-state index in [4.69, 9.17) is 9.47 Å². The Labute approximate surface area is 144 Å². The number of ether oxygens (including phenoxy) is 2. The second-order valence-corrected chi connectivity index (χ2v) is 6.80. The summed E-state index contributed by atoms with van der Waals surface area (Å²) in [6, 6.07) is 5.94. The predicted molar refractivity (Wildman–Crippen MR) is 96.9 cm³/mol. The topological polar surface area (TPSA) is 40.5 Å². The van der Waals surface area contributed by atoms with E-state index in [9.17, 15) is 9.18 Å². The van der Waals surface area contributed by atoms with Crippen molar-refractivity contribution in [1.82, 2.24) is 4.57 Å². The van der Waals surface area contributed by atoms with Crippen molar-refractivity contribution in [3.63, 3.8) is 0 Å². The molecule has 5 heteroatoms. The average Bonchev–Trinajstić information content (AvgIpc) is 2.57. The molecule has 0 amide bonds. The molecule has 0 unspecified atom stereocenters. The molecule has 0 spiro atoms. The van der Waals surface area contributed by atoms with Gasteiger partial charge in [0.2, 0.25) is 5.43 Å². The summed E-state index contributed by atoms with van der Waals surface area (Å²) < 4.78 is 27.1. The molecular formula is C20H18FNO3. The van der Waals surface area contributed by atoms with Crippen molar-refractivity contribution >= 4 is 27.9 Å². The summed E-state index contributed by atoms with van der Waals surface area (Å²) in [5.41, 5.74) is 1.37. The lowest BCUT2D eigenvalue weighted by Gasteiger charge is -2.29. The van der Waals surface area contributed by atoms with E-state index in [1.807, 2.05) is 37.6 Å². The van der Waals surface area contributed by atoms with Crippen LogP contribution in [0.4, 0.5) is 4.39 Å². The van der Waals surface area contributed by atoms with Crippen LogP contribution in [0.15, 0.2) is 35.1 Å². The van der Waals surface area contributed by atoms with Crippen LogP contribution in [0, 0.1) is 5.82 Å². The van der Waals surface area contributed by atoms with Crippen LogP contribution in [0.3, 0.4) is 0 Å². The lowest BCUT2D eigenvalue weighted by molar-refractivity contribution is 0.159. The lowest BCUT2D eigenvalue weighted by Crippen LogP contribution is -2.28. The number of nitrogens with zero attached hydrogens (tertiary/aromatic N) is 1. The van der Waals surface area contributed by atoms with Crippen molar-refractivity contribution in [1.29, 1.82) is 0 Å². The average molecular weight is 339 g/mol. The van der Waals surface area contributed by atoms with Crippen molar-refractivity contribution in [2.75, 3.05) is 7.11 Å². The summed E-state index contributed by atoms with van der Waals surface area (Å²) in [7, 11) is 3.34. The number of benzene rings is 2. The minimum absolute atomic E-state index is 0.180. The van der Waals surface area contributed by atoms with Crippen LogP contribution in [0.1, 0.15) is 19.4 Å². The maximum atomic E-state index is 13.8. The molecule has 0 saturated heterocycles. The quantitative estimate of drug-likeness (QED) is 0.629. The third kappa shape index (κ3) is 2.22. The van der Waals surface area contributed by atoms with E-state index in [0.717, 1.165) is 5.56 Å². The molecular weight excluding hydrogens is 321 g/mol. The Hall–Kier alpha value is -2.82. The highest BCUT2D eigenvalue weighted by Crippen LogP contribution is 2.40. The molecule has 128 valence electrons. The summed E-state index contributed by atoms with van der Waals surface area (Å²) in [6.45, 7) is 3.91. The SMILES string of the molecule is COc1cc2c(c3c1c(=O)c1ccc(F)cc1n3C)C=CC(C)(C)O2. The Morgan fingerprint density at radius 2 is 2.00 bits per heavy atom. The fourth-order valence-corrected chi connectivity index (χ4v) is 3.44. The number of aromatic nitrogens is 1. The molecule has 2 heterocycles. The van der Waals surface area contributed by atoms with Gasteiger partial charge < -0.3 is 14.0 Å². The van der Waals surface area contributed by atoms with Gasteiger partial charge in [0.25, 0.3) is 0 Å². The lowest BCUT2D eigenvalue weighted by atomic mass is 9.98. The van der Waals surface area contributed by atoms with Gasteiger partial charge in [0.05, 0.1) is 23.5 Å². The molecule has 0 bridgehead atoms. The molecule has 0 aliphatic carbocycles. The van der Waals surface area contributed by atoms with E-state index in [2.05, 4.69) is 0 Å². The molecule has 25 heavy (non-hydrogen) atoms. The van der Waals surface area contributed by atoms with Crippen LogP contribution in [0.5, 0.6) is 11.5 Å². The summed E-state index contributed by atoms with van der Waals surface area (Å²) >= 11 is 0. The number of aryl methyl sites for hydroxylation is 1. The van der Waals surface area contributed by atoms with Gasteiger partial charge in [0.1, 0.15) is 22.9 Å². The molecule has 2 aromatic carbocycles. The van der Waals surface area contributed by atoms with Crippen molar-refractivity contribution in [2.45, 2.75) is 19.4 Å². The van der Waals surface area contributed by atoms with Gasteiger partial charge in [0.15, 0.2) is 0 Å². The van der Waals surface area contributed by atoms with Crippen LogP contribution in [0.25, 0.3) is 27.9 Å². The monoisotopic (exact) mass is 339 g/mol. The molecule has 1 aliphatic heterocycles. The number of methoxy groups -OCH3 is 1. The molecule has 1 aromatic heterocycles. The first-order valence-electron chi connectivity index (χ1n) is 8.03. The Morgan fingerprint density at radius 1 is 1.24 bits per heavy atom. The van der Waals surface area contributed by atoms with E-state index in [1.165, 1.54) is 25.3 Å². The molecule has 4 nitrogen and oxygen atoms in total. The van der Waals surface area contributed by atoms with Crippen molar-refractivity contribution < 1.29 is 13.9 Å². The molecule has 0 N–H and O–H groups in total. The zero-order valence-corrected chi connectivity index (χ0v) is 14.5. The number of halogens is 1. The summed E-state index contributed by atoms with van der Waals surface area (Å²) in [5, 5.41) is 0.923. The summed E-state index contributed by atoms with van der Waals surface area (Å²) in [6.07, 6.45) is 3.90. The third-order valence-corrected chi connectivity index (χ3v) is 4.64. The molecule has 3 aromatic rings. The zero-order chi connectivity index (χ0) is 17.9. The van der Waals surface area contributed by atoms with Crippen molar-refractivity contribution in [3.8, 4) is 11.5 Å². The maximum Gasteiger partial charge on any atom is 0.200 e. The fourth-order valence-electron chi connectivity index (χ4n) is 3.44. The standard InChI is InChI=1S/C20H18FNO3/c1-20(2)8-7-13-15(25-20)10-16(24-4)17-18(13)22(3)14-9-11(21)5-6-12(14)19(17)23/h5-10H,1-4H3. The van der Waals surface area contributed by atoms with Crippen molar-refractivity contribution in [2.24, 2.45) is 7.05 Å². The molecule has 0 radical (unpaired) electrons. The Balaban J connectivity index is 2.26. The first kappa shape index (κ1) is 15.7. The molecule has 0 fully saturated rings. The second kappa shape index (κ2) is 5.09. The van der Waals surface area contributed by atoms with E-state index in [0.29, 0.717) is 33.3 Å². The van der Waals surface area contributed by atoms with Gasteiger partial charge >= 0.3 is 0 Å². The van der Waals surface area contributed by atoms with Gasteiger partial charge in [-0.2, -0.15) is 0 Å². The van der Waals surface area contributed by atoms with E-state index in [1.54, 1.807) is 6.07 Å². The highest BCUT2D eigenvalue weighted by atomic mass is 19.1. The number of rotatable bonds is 1. The Bertz CT molecular complexity index is 1130. The van der Waals surface area contributed by atoms with Crippen LogP contribution in [-0.2, 0) is 7.05 Å². The zero-order valence-electron chi connectivity index (χ0n) is 14.5. The molecule has 4 rings (SSSR count). The van der Waals surface area contributed by atoms with E-state index >= 15 is 0 Å². The first-order valence-corrected chi connectivity index (χ1v) is 8.03. The van der Waals surface area contributed by atoms with Crippen LogP contribution in [-0.4, -0.2) is 17.3 Å². The largest absolute Gasteiger partial charge is 0.496 e. The second-order valence-electron chi connectivity index (χ2n) is 6.80. The van der Waals surface area contributed by atoms with Gasteiger partial charge in [-0.25, -0.2) is 4.39 Å². The molecule has 1 aliphatic rings. The highest BCUT2D eigenvalue weighted by Gasteiger charge is 2.27. The number of pyridine rings is 1. The highest BCUT2D eigenvalue weighted by molar-refractivity contribution is 6.02. The number of fused-ring (bicyclic) bond motifs is 4. The Morgan fingerprint density at radius 3 is 2.72 bits per heavy atom. The Kier molecular flexibility index (Phi) is 3.19. The van der Waals surface area contributed by atoms with Gasteiger partial charge in [-0.3, -0.25) is 4.79 Å². The number of hydrogen-bond donors (Lipinski definition) is 0. The van der Waals surface area contributed by atoms with E-state index < -0.39 is 5.60 Å². The van der Waals surface area contributed by atoms with Gasteiger partial charge in [-0.1, -0.05) is 0 Å². The number of hydrogen-bond acceptors (Lipinski definition) is 3. The fraction of sp³-hybridized carbons (Fsp3) is 0.250. The van der Waals surface area contributed by atoms with Crippen LogP contribution >= 0.6 is 0 Å². The summed E-state index contributed by atoms with van der Waals surface area (Å²) in [5.74, 6) is 0.709. The van der Waals surface area contributed by atoms with Gasteiger partial charge in [-0.05, 0) is 44.2 Å². The van der Waals surface area contributed by atoms with Crippen molar-refractivity contribution in [3.05, 3.63) is 51.9 Å². The minimum atomic E-state index is -0.451. The third-order valence-electron chi connectivity index (χ3n) is 4.64. The van der Waals surface area contributed by atoms with E-state index in [-0.39, 0.29) is 11.2 Å². The minimum Gasteiger partial charge on any atom is -0.496 e. The smallest absolute Gasteiger partial charge is 0.200 e. The van der Waals surface area contributed by atoms with Gasteiger partial charge in [0, 0.05) is 24.1 Å². The predicted octanol–water partition coefficient (Wildman–Crippen LogP) is 4.02. The first-order chi connectivity index (χ1) is 11.8. The van der Waals surface area contributed by atoms with Crippen LogP contribution < -0.4 is 14.9 Å². The van der Waals surface area contributed by atoms with Crippen LogP contribution in [0.2, 0.25) is 0 Å². The molecule has 0 saturated carbocycles. The van der Waals surface area contributed by atoms with Gasteiger partial charge in [-0.15, -0.1) is 0 Å². The molecule has 0 atom stereocenters. The summed E-state index contributed by atoms with van der Waals surface area (Å²) in [4.78, 5) is 13.1.